The molecule has 1 aliphatic heterocycles. The van der Waals surface area contributed by atoms with Crippen molar-refractivity contribution < 1.29 is 111 Å². The molecule has 90 heavy (non-hydrogen) atoms. The number of fused-ring (bicyclic) bond motifs is 5. The van der Waals surface area contributed by atoms with Crippen LogP contribution in [-0.2, 0) is 85.8 Å². The number of ketones is 2. The molecule has 2 aromatic carbocycles. The molecule has 2 bridgehead atoms. The molecule has 12 atom stereocenters. The number of aliphatic hydroxyl groups is 3. The lowest BCUT2D eigenvalue weighted by atomic mass is 9.44. The van der Waals surface area contributed by atoms with E-state index in [4.69, 9.17) is 37.9 Å². The minimum Gasteiger partial charge on any atom is -0.466 e. The van der Waals surface area contributed by atoms with Gasteiger partial charge < -0.3 is 79.2 Å². The van der Waals surface area contributed by atoms with Crippen LogP contribution in [-0.4, -0.2) is 194 Å². The largest absolute Gasteiger partial charge is 0.466 e. The van der Waals surface area contributed by atoms with Crippen LogP contribution in [0.3, 0.4) is 0 Å². The zero-order valence-electron chi connectivity index (χ0n) is 52.4. The molecular formula is C63H84N4O23. The van der Waals surface area contributed by atoms with Crippen LogP contribution in [0, 0.1) is 22.7 Å². The molecule has 6 rings (SSSR count). The van der Waals surface area contributed by atoms with Crippen molar-refractivity contribution >= 4 is 65.2 Å². The molecule has 1 saturated heterocycles. The molecule has 27 nitrogen and oxygen atoms in total. The number of esters is 5. The van der Waals surface area contributed by atoms with Crippen LogP contribution in [0.5, 0.6) is 0 Å². The number of unbranched alkanes of at least 4 members (excludes halogenated alkanes) is 1. The SMILES string of the molecule is CCOC(=O)[C@H](CCCCNC(=O)COCC(=O)O[C@@H](C(=O)O[C@H]1C[C@@]2(O)C(OC(=O)c3ccccc3)[C@@H]3[C@]4(OC(C)=O)CO[C@@H]4C[C@H](O)[C@@]3(C)C(=O)[C@H](O)C(=C1C)C2(C)C)C(NC(=O)OC(C)(C)C)c1ccccc1)CC(=O)CNC(=O)CNC(=O)COC. The van der Waals surface area contributed by atoms with Gasteiger partial charge in [0.25, 0.3) is 0 Å². The van der Waals surface area contributed by atoms with Crippen LogP contribution >= 0.6 is 0 Å². The van der Waals surface area contributed by atoms with E-state index in [0.29, 0.717) is 12.8 Å². The van der Waals surface area contributed by atoms with Crippen molar-refractivity contribution in [2.24, 2.45) is 22.7 Å². The first-order chi connectivity index (χ1) is 42.3. The van der Waals surface area contributed by atoms with Gasteiger partial charge in [-0.15, -0.1) is 0 Å². The fraction of sp³-hybridized carbons (Fsp3) is 0.603. The number of aliphatic hydroxyl groups excluding tert-OH is 2. The van der Waals surface area contributed by atoms with E-state index in [1.165, 1.54) is 59.1 Å². The maximum absolute atomic E-state index is 15.3. The zero-order chi connectivity index (χ0) is 66.5. The molecule has 4 amide bonds. The molecule has 494 valence electrons. The van der Waals surface area contributed by atoms with Crippen molar-refractivity contribution in [2.45, 2.75) is 160 Å². The topological polar surface area (TPSA) is 380 Å². The average molecular weight is 1270 g/mol. The second-order valence-electron chi connectivity index (χ2n) is 24.6. The van der Waals surface area contributed by atoms with E-state index in [2.05, 4.69) is 26.0 Å². The highest BCUT2D eigenvalue weighted by Gasteiger charge is 2.78. The standard InChI is InChI=1S/C63H84N4O23/c1-11-84-55(77)39(26-40(69)29-65-44(71)30-66-45(72)31-82-10)24-18-19-25-64-46(73)32-83-33-47(74)87-51(49(37-20-14-12-15-21-37)67-58(80)90-59(4,5)6)57(79)86-41-28-63(81)54(88-56(78)38-22-16-13-17-23-38)52-61(9,53(76)50(75)48(35(41)2)60(63,7)8)42(70)27-43-62(52,34-85-43)89-36(3)68/h12-17,20-23,39,41-43,49-52,54,70,75,81H,11,18-19,24-34H2,1-10H3,(H,64,73)(H,65,71)(H,66,72)(H,67,80)/t39-,41+,42+,43-,49?,50-,51-,52+,54?,61-,62+,63-/m1/s1. The van der Waals surface area contributed by atoms with Crippen LogP contribution < -0.4 is 21.3 Å². The summed E-state index contributed by atoms with van der Waals surface area (Å²) in [5.41, 5.74) is -9.32. The first-order valence-corrected chi connectivity index (χ1v) is 29.8. The number of amides is 4. The number of carbonyl (C=O) groups is 11. The number of ether oxygens (including phenoxy) is 9. The third-order valence-electron chi connectivity index (χ3n) is 16.9. The van der Waals surface area contributed by atoms with Gasteiger partial charge in [0.2, 0.25) is 23.8 Å². The lowest BCUT2D eigenvalue weighted by Gasteiger charge is -2.67. The lowest BCUT2D eigenvalue weighted by Crippen LogP contribution is -2.81. The minimum atomic E-state index is -2.52. The Hall–Kier alpha value is -7.69. The normalized spacial score (nSPS) is 25.9. The molecule has 7 N–H and O–H groups in total. The monoisotopic (exact) mass is 1260 g/mol. The Balaban J connectivity index is 1.23. The Morgan fingerprint density at radius 2 is 1.46 bits per heavy atom. The van der Waals surface area contributed by atoms with Gasteiger partial charge in [0.15, 0.2) is 17.2 Å². The van der Waals surface area contributed by atoms with Gasteiger partial charge in [0, 0.05) is 45.3 Å². The molecule has 27 heteroatoms. The Bertz CT molecular complexity index is 3000. The van der Waals surface area contributed by atoms with Crippen LogP contribution in [0.1, 0.15) is 123 Å². The van der Waals surface area contributed by atoms with Crippen molar-refractivity contribution in [3.8, 4) is 0 Å². The highest BCUT2D eigenvalue weighted by molar-refractivity contribution is 5.95. The molecule has 3 aliphatic carbocycles. The fourth-order valence-electron chi connectivity index (χ4n) is 12.4. The van der Waals surface area contributed by atoms with E-state index in [9.17, 15) is 58.5 Å². The smallest absolute Gasteiger partial charge is 0.408 e. The van der Waals surface area contributed by atoms with Gasteiger partial charge in [-0.3, -0.25) is 33.6 Å². The number of hydrogen-bond donors (Lipinski definition) is 7. The maximum atomic E-state index is 15.3. The third-order valence-corrected chi connectivity index (χ3v) is 16.9. The number of rotatable bonds is 28. The number of hydrogen-bond acceptors (Lipinski definition) is 23. The van der Waals surface area contributed by atoms with Gasteiger partial charge in [-0.1, -0.05) is 68.8 Å². The van der Waals surface area contributed by atoms with Crippen molar-refractivity contribution in [2.75, 3.05) is 59.8 Å². The van der Waals surface area contributed by atoms with E-state index in [0.717, 1.165) is 6.92 Å². The van der Waals surface area contributed by atoms with Crippen molar-refractivity contribution in [1.82, 2.24) is 21.3 Å². The summed E-state index contributed by atoms with van der Waals surface area (Å²) in [4.78, 5) is 148. The predicted octanol–water partition coefficient (Wildman–Crippen LogP) is 2.13. The zero-order valence-corrected chi connectivity index (χ0v) is 52.4. The lowest BCUT2D eigenvalue weighted by molar-refractivity contribution is -0.346. The van der Waals surface area contributed by atoms with Crippen LogP contribution in [0.25, 0.3) is 0 Å². The molecule has 2 unspecified atom stereocenters. The molecule has 0 aromatic heterocycles. The number of carbonyl (C=O) groups excluding carboxylic acids is 11. The number of alkyl carbamates (subject to hydrolysis) is 1. The predicted molar refractivity (Wildman–Crippen MR) is 313 cm³/mol. The Kier molecular flexibility index (Phi) is 24.1. The van der Waals surface area contributed by atoms with Gasteiger partial charge >= 0.3 is 35.9 Å². The van der Waals surface area contributed by atoms with E-state index < -0.39 is 174 Å². The first-order valence-electron chi connectivity index (χ1n) is 29.8. The number of benzene rings is 2. The molecule has 2 saturated carbocycles. The van der Waals surface area contributed by atoms with E-state index in [1.807, 2.05) is 0 Å². The Morgan fingerprint density at radius 1 is 0.811 bits per heavy atom. The summed E-state index contributed by atoms with van der Waals surface area (Å²) in [6, 6.07) is 13.8. The Labute approximate surface area is 521 Å². The average Bonchev–Trinajstić information content (AvgIpc) is 0.672. The molecular weight excluding hydrogens is 1180 g/mol. The van der Waals surface area contributed by atoms with E-state index in [1.54, 1.807) is 64.1 Å². The molecule has 0 radical (unpaired) electrons. The summed E-state index contributed by atoms with van der Waals surface area (Å²) >= 11 is 0. The third kappa shape index (κ3) is 16.6. The summed E-state index contributed by atoms with van der Waals surface area (Å²) in [5.74, 6) is -10.9. The second-order valence-corrected chi connectivity index (χ2v) is 24.6. The summed E-state index contributed by atoms with van der Waals surface area (Å²) in [5, 5.41) is 48.4. The first kappa shape index (κ1) is 71.4. The van der Waals surface area contributed by atoms with Crippen molar-refractivity contribution in [1.29, 1.82) is 0 Å². The molecule has 3 fully saturated rings. The quantitative estimate of drug-likeness (QED) is 0.0278. The second kappa shape index (κ2) is 30.4. The summed E-state index contributed by atoms with van der Waals surface area (Å²) in [6.07, 6.45) is -12.0. The van der Waals surface area contributed by atoms with Crippen molar-refractivity contribution in [3.63, 3.8) is 0 Å². The van der Waals surface area contributed by atoms with E-state index >= 15 is 9.59 Å². The highest BCUT2D eigenvalue weighted by atomic mass is 16.6. The van der Waals surface area contributed by atoms with Gasteiger partial charge in [0.1, 0.15) is 61.5 Å². The van der Waals surface area contributed by atoms with Gasteiger partial charge in [-0.2, -0.15) is 0 Å². The molecule has 1 heterocycles. The Morgan fingerprint density at radius 3 is 2.07 bits per heavy atom. The van der Waals surface area contributed by atoms with E-state index in [-0.39, 0.29) is 74.4 Å². The van der Waals surface area contributed by atoms with Crippen LogP contribution in [0.4, 0.5) is 4.79 Å². The maximum Gasteiger partial charge on any atom is 0.408 e. The van der Waals surface area contributed by atoms with Crippen molar-refractivity contribution in [3.05, 3.63) is 82.9 Å². The molecule has 4 aliphatic rings. The molecule has 0 spiro atoms. The fourth-order valence-corrected chi connectivity index (χ4v) is 12.4. The summed E-state index contributed by atoms with van der Waals surface area (Å²) < 4.78 is 51.3. The van der Waals surface area contributed by atoms with Gasteiger partial charge in [-0.05, 0) is 83.2 Å². The number of nitrogens with one attached hydrogen (secondary N) is 4. The van der Waals surface area contributed by atoms with Gasteiger partial charge in [-0.25, -0.2) is 19.2 Å². The van der Waals surface area contributed by atoms with Crippen LogP contribution in [0.15, 0.2) is 71.8 Å². The number of Topliss-reactive ketones (excluding diaryl/α,β-unsaturated/α-hetero) is 2. The highest BCUT2D eigenvalue weighted by Crippen LogP contribution is 2.64. The molecule has 2 aromatic rings. The summed E-state index contributed by atoms with van der Waals surface area (Å²) in [6.45, 7) is 10.3. The number of methoxy groups -OCH3 is 1. The van der Waals surface area contributed by atoms with Gasteiger partial charge in [0.05, 0.1) is 55.2 Å². The summed E-state index contributed by atoms with van der Waals surface area (Å²) in [7, 11) is 1.31. The van der Waals surface area contributed by atoms with Crippen LogP contribution in [0.2, 0.25) is 0 Å². The minimum absolute atomic E-state index is 0.00590.